The van der Waals surface area contributed by atoms with Crippen molar-refractivity contribution in [3.05, 3.63) is 48.5 Å². The number of benzene rings is 2. The Balaban J connectivity index is 2.01. The highest BCUT2D eigenvalue weighted by Crippen LogP contribution is 2.25. The topological polar surface area (TPSA) is 102 Å². The standard InChI is InChI=1S/C19H26N2O5S2/c1-4-12-28(24,25)20-14-15(2)26-19-10-8-16(9-11-19)17-6-5-7-18(13-17)21-27(3,22)23/h5-11,13,15,20-21H,4,12,14H2,1-3H3. The van der Waals surface area contributed by atoms with Crippen LogP contribution in [0.15, 0.2) is 48.5 Å². The quantitative estimate of drug-likeness (QED) is 0.608. The van der Waals surface area contributed by atoms with E-state index in [9.17, 15) is 16.8 Å². The van der Waals surface area contributed by atoms with Crippen molar-refractivity contribution in [1.82, 2.24) is 4.72 Å². The van der Waals surface area contributed by atoms with Gasteiger partial charge in [-0.25, -0.2) is 21.6 Å². The Kier molecular flexibility index (Phi) is 7.45. The molecular weight excluding hydrogens is 400 g/mol. The molecule has 154 valence electrons. The highest BCUT2D eigenvalue weighted by molar-refractivity contribution is 7.92. The zero-order valence-corrected chi connectivity index (χ0v) is 17.8. The lowest BCUT2D eigenvalue weighted by molar-refractivity contribution is 0.225. The molecule has 0 saturated heterocycles. The average Bonchev–Trinajstić information content (AvgIpc) is 2.59. The van der Waals surface area contributed by atoms with E-state index in [-0.39, 0.29) is 18.4 Å². The molecule has 0 bridgehead atoms. The Morgan fingerprint density at radius 3 is 2.29 bits per heavy atom. The van der Waals surface area contributed by atoms with Gasteiger partial charge in [0.1, 0.15) is 11.9 Å². The second-order valence-electron chi connectivity index (χ2n) is 6.58. The zero-order valence-electron chi connectivity index (χ0n) is 16.2. The van der Waals surface area contributed by atoms with Crippen molar-refractivity contribution in [3.8, 4) is 16.9 Å². The molecule has 0 aliphatic heterocycles. The second-order valence-corrected chi connectivity index (χ2v) is 10.3. The number of anilines is 1. The van der Waals surface area contributed by atoms with E-state index in [4.69, 9.17) is 4.74 Å². The Labute approximate surface area is 167 Å². The summed E-state index contributed by atoms with van der Waals surface area (Å²) in [7, 11) is -6.59. The summed E-state index contributed by atoms with van der Waals surface area (Å²) in [5, 5.41) is 0. The molecule has 9 heteroatoms. The van der Waals surface area contributed by atoms with Crippen LogP contribution in [0.5, 0.6) is 5.75 Å². The van der Waals surface area contributed by atoms with Gasteiger partial charge in [-0.15, -0.1) is 0 Å². The Morgan fingerprint density at radius 1 is 1.00 bits per heavy atom. The van der Waals surface area contributed by atoms with Gasteiger partial charge >= 0.3 is 0 Å². The summed E-state index contributed by atoms with van der Waals surface area (Å²) >= 11 is 0. The van der Waals surface area contributed by atoms with Crippen molar-refractivity contribution < 1.29 is 21.6 Å². The molecule has 0 saturated carbocycles. The molecule has 1 atom stereocenters. The summed E-state index contributed by atoms with van der Waals surface area (Å²) in [6, 6.07) is 14.4. The Morgan fingerprint density at radius 2 is 1.68 bits per heavy atom. The summed E-state index contributed by atoms with van der Waals surface area (Å²) in [5.74, 6) is 0.721. The van der Waals surface area contributed by atoms with Crippen molar-refractivity contribution in [2.24, 2.45) is 0 Å². The van der Waals surface area contributed by atoms with Gasteiger partial charge in [-0.05, 0) is 48.7 Å². The molecule has 0 fully saturated rings. The minimum Gasteiger partial charge on any atom is -0.489 e. The van der Waals surface area contributed by atoms with Crippen molar-refractivity contribution in [2.45, 2.75) is 26.4 Å². The number of hydrogen-bond donors (Lipinski definition) is 2. The van der Waals surface area contributed by atoms with Crippen LogP contribution in [0.3, 0.4) is 0 Å². The summed E-state index contributed by atoms with van der Waals surface area (Å²) in [6.45, 7) is 3.81. The predicted molar refractivity (Wildman–Crippen MR) is 113 cm³/mol. The average molecular weight is 427 g/mol. The van der Waals surface area contributed by atoms with Crippen LogP contribution in [0.4, 0.5) is 5.69 Å². The minimum absolute atomic E-state index is 0.0989. The maximum absolute atomic E-state index is 11.7. The van der Waals surface area contributed by atoms with Crippen LogP contribution in [0.25, 0.3) is 11.1 Å². The van der Waals surface area contributed by atoms with E-state index in [0.29, 0.717) is 17.9 Å². The van der Waals surface area contributed by atoms with Crippen LogP contribution in [-0.4, -0.2) is 41.5 Å². The summed E-state index contributed by atoms with van der Waals surface area (Å²) in [4.78, 5) is 0. The van der Waals surface area contributed by atoms with Gasteiger partial charge in [0.15, 0.2) is 0 Å². The molecule has 7 nitrogen and oxygen atoms in total. The summed E-state index contributed by atoms with van der Waals surface area (Å²) in [6.07, 6.45) is 1.35. The third-order valence-electron chi connectivity index (χ3n) is 3.75. The van der Waals surface area contributed by atoms with Gasteiger partial charge in [-0.3, -0.25) is 4.72 Å². The number of ether oxygens (including phenoxy) is 1. The first-order chi connectivity index (χ1) is 13.1. The molecule has 2 rings (SSSR count). The van der Waals surface area contributed by atoms with Crippen molar-refractivity contribution >= 4 is 25.7 Å². The van der Waals surface area contributed by atoms with Gasteiger partial charge in [0, 0.05) is 12.2 Å². The smallest absolute Gasteiger partial charge is 0.229 e. The molecule has 0 heterocycles. The van der Waals surface area contributed by atoms with Gasteiger partial charge in [0.25, 0.3) is 0 Å². The normalized spacial score (nSPS) is 13.1. The third kappa shape index (κ3) is 7.49. The number of rotatable bonds is 10. The van der Waals surface area contributed by atoms with E-state index in [1.165, 1.54) is 0 Å². The fraction of sp³-hybridized carbons (Fsp3) is 0.368. The van der Waals surface area contributed by atoms with E-state index in [1.807, 2.05) is 25.1 Å². The van der Waals surface area contributed by atoms with Crippen LogP contribution >= 0.6 is 0 Å². The van der Waals surface area contributed by atoms with Gasteiger partial charge in [0.2, 0.25) is 20.0 Å². The molecule has 0 aliphatic carbocycles. The van der Waals surface area contributed by atoms with Crippen molar-refractivity contribution in [3.63, 3.8) is 0 Å². The van der Waals surface area contributed by atoms with Gasteiger partial charge in [-0.1, -0.05) is 31.2 Å². The van der Waals surface area contributed by atoms with Crippen LogP contribution in [-0.2, 0) is 20.0 Å². The number of sulfonamides is 2. The van der Waals surface area contributed by atoms with Crippen molar-refractivity contribution in [2.75, 3.05) is 23.3 Å². The fourth-order valence-corrected chi connectivity index (χ4v) is 4.29. The Bertz CT molecular complexity index is 987. The van der Waals surface area contributed by atoms with Gasteiger partial charge in [-0.2, -0.15) is 0 Å². The number of hydrogen-bond acceptors (Lipinski definition) is 5. The molecule has 1 unspecified atom stereocenters. The van der Waals surface area contributed by atoms with Crippen LogP contribution in [0.2, 0.25) is 0 Å². The van der Waals surface area contributed by atoms with Crippen molar-refractivity contribution in [1.29, 1.82) is 0 Å². The first-order valence-electron chi connectivity index (χ1n) is 8.90. The minimum atomic E-state index is -3.33. The first kappa shape index (κ1) is 22.2. The largest absolute Gasteiger partial charge is 0.489 e. The molecule has 2 N–H and O–H groups in total. The van der Waals surface area contributed by atoms with Crippen LogP contribution < -0.4 is 14.2 Å². The first-order valence-corrected chi connectivity index (χ1v) is 12.4. The molecule has 0 spiro atoms. The Hall–Kier alpha value is -2.10. The number of nitrogens with one attached hydrogen (secondary N) is 2. The summed E-state index contributed by atoms with van der Waals surface area (Å²) in [5.41, 5.74) is 2.26. The highest BCUT2D eigenvalue weighted by Gasteiger charge is 2.12. The molecule has 0 amide bonds. The van der Waals surface area contributed by atoms with E-state index in [0.717, 1.165) is 17.4 Å². The SMILES string of the molecule is CCCS(=O)(=O)NCC(C)Oc1ccc(-c2cccc(NS(C)(=O)=O)c2)cc1. The lowest BCUT2D eigenvalue weighted by Gasteiger charge is -2.16. The maximum Gasteiger partial charge on any atom is 0.229 e. The molecule has 0 radical (unpaired) electrons. The molecule has 0 aliphatic rings. The van der Waals surface area contributed by atoms with Gasteiger partial charge in [0.05, 0.1) is 12.0 Å². The van der Waals surface area contributed by atoms with Gasteiger partial charge < -0.3 is 4.74 Å². The molecule has 2 aromatic carbocycles. The lowest BCUT2D eigenvalue weighted by atomic mass is 10.1. The maximum atomic E-state index is 11.7. The van der Waals surface area contributed by atoms with Crippen LogP contribution in [0, 0.1) is 0 Å². The van der Waals surface area contributed by atoms with E-state index >= 15 is 0 Å². The second kappa shape index (κ2) is 9.40. The predicted octanol–water partition coefficient (Wildman–Crippen LogP) is 2.82. The van der Waals surface area contributed by atoms with E-state index in [1.54, 1.807) is 37.3 Å². The monoisotopic (exact) mass is 426 g/mol. The van der Waals surface area contributed by atoms with Crippen LogP contribution in [0.1, 0.15) is 20.3 Å². The third-order valence-corrected chi connectivity index (χ3v) is 5.91. The molecular formula is C19H26N2O5S2. The van der Waals surface area contributed by atoms with E-state index in [2.05, 4.69) is 9.44 Å². The summed E-state index contributed by atoms with van der Waals surface area (Å²) < 4.78 is 56.9. The highest BCUT2D eigenvalue weighted by atomic mass is 32.2. The van der Waals surface area contributed by atoms with E-state index < -0.39 is 20.0 Å². The molecule has 0 aromatic heterocycles. The molecule has 2 aromatic rings. The fourth-order valence-electron chi connectivity index (χ4n) is 2.56. The lowest BCUT2D eigenvalue weighted by Crippen LogP contribution is -2.34. The zero-order chi connectivity index (χ0) is 20.8. The molecule has 28 heavy (non-hydrogen) atoms.